The fourth-order valence-electron chi connectivity index (χ4n) is 3.99. The summed E-state index contributed by atoms with van der Waals surface area (Å²) in [4.78, 5) is 38.8. The molecule has 1 aliphatic carbocycles. The number of aryl methyl sites for hydroxylation is 1. The van der Waals surface area contributed by atoms with Crippen molar-refractivity contribution in [3.8, 4) is 5.69 Å². The number of thioether (sulfide) groups is 1. The first-order valence-corrected chi connectivity index (χ1v) is 13.3. The average Bonchev–Trinajstić information content (AvgIpc) is 3.34. The molecule has 8 nitrogen and oxygen atoms in total. The number of esters is 1. The molecule has 180 valence electrons. The quantitative estimate of drug-likeness (QED) is 0.271. The van der Waals surface area contributed by atoms with Crippen LogP contribution < -0.4 is 15.6 Å². The first-order valence-electron chi connectivity index (χ1n) is 11.5. The van der Waals surface area contributed by atoms with E-state index in [9.17, 15) is 14.4 Å². The molecule has 2 N–H and O–H groups in total. The van der Waals surface area contributed by atoms with E-state index in [4.69, 9.17) is 9.26 Å². The summed E-state index contributed by atoms with van der Waals surface area (Å²) in [5, 5.41) is 6.47. The molecule has 1 aliphatic rings. The van der Waals surface area contributed by atoms with Gasteiger partial charge in [0.2, 0.25) is 11.6 Å². The molecule has 0 aliphatic heterocycles. The highest BCUT2D eigenvalue weighted by atomic mass is 32.2. The van der Waals surface area contributed by atoms with Crippen molar-refractivity contribution in [3.05, 3.63) is 56.8 Å². The Morgan fingerprint density at radius 1 is 1.18 bits per heavy atom. The molecule has 0 atom stereocenters. The Morgan fingerprint density at radius 2 is 1.94 bits per heavy atom. The van der Waals surface area contributed by atoms with E-state index in [1.165, 1.54) is 34.4 Å². The van der Waals surface area contributed by atoms with E-state index < -0.39 is 5.63 Å². The fourth-order valence-corrected chi connectivity index (χ4v) is 6.20. The number of fused-ring (bicyclic) bond motifs is 1. The lowest BCUT2D eigenvalue weighted by Gasteiger charge is -2.11. The molecule has 1 aromatic carbocycles. The van der Waals surface area contributed by atoms with Gasteiger partial charge in [-0.1, -0.05) is 31.0 Å². The zero-order chi connectivity index (χ0) is 23.9. The smallest absolute Gasteiger partial charge is 0.442 e. The van der Waals surface area contributed by atoms with Crippen molar-refractivity contribution in [1.82, 2.24) is 5.27 Å². The number of carbonyl (C=O) groups excluding carboxylic acids is 2. The summed E-state index contributed by atoms with van der Waals surface area (Å²) in [6, 6.07) is 9.31. The van der Waals surface area contributed by atoms with Crippen LogP contribution in [0.1, 0.15) is 59.8 Å². The number of aromatic nitrogens is 2. The second kappa shape index (κ2) is 11.5. The van der Waals surface area contributed by atoms with Crippen molar-refractivity contribution in [1.29, 1.82) is 0 Å². The van der Waals surface area contributed by atoms with E-state index in [2.05, 4.69) is 10.6 Å². The molecular formula is C24H28N3O5S2+. The predicted octanol–water partition coefficient (Wildman–Crippen LogP) is 4.26. The molecule has 0 radical (unpaired) electrons. The number of benzene rings is 1. The zero-order valence-electron chi connectivity index (χ0n) is 19.1. The number of anilines is 1. The Balaban J connectivity index is 1.45. The summed E-state index contributed by atoms with van der Waals surface area (Å²) in [6.07, 6.45) is 6.36. The number of hydrogen-bond acceptors (Lipinski definition) is 7. The van der Waals surface area contributed by atoms with Crippen LogP contribution >= 0.6 is 23.1 Å². The van der Waals surface area contributed by atoms with Crippen LogP contribution in [0.4, 0.5) is 5.00 Å². The maximum Gasteiger partial charge on any atom is 0.442 e. The molecule has 4 rings (SSSR count). The Morgan fingerprint density at radius 3 is 2.71 bits per heavy atom. The van der Waals surface area contributed by atoms with Gasteiger partial charge < -0.3 is 10.1 Å². The van der Waals surface area contributed by atoms with Gasteiger partial charge in [0, 0.05) is 29.2 Å². The Kier molecular flexibility index (Phi) is 8.23. The predicted molar refractivity (Wildman–Crippen MR) is 131 cm³/mol. The lowest BCUT2D eigenvalue weighted by atomic mass is 9.96. The zero-order valence-corrected chi connectivity index (χ0v) is 20.7. The second-order valence-corrected chi connectivity index (χ2v) is 10.1. The second-order valence-electron chi connectivity index (χ2n) is 7.95. The first kappa shape index (κ1) is 24.3. The summed E-state index contributed by atoms with van der Waals surface area (Å²) >= 11 is 2.73. The minimum Gasteiger partial charge on any atom is -0.462 e. The van der Waals surface area contributed by atoms with Crippen molar-refractivity contribution in [2.24, 2.45) is 0 Å². The fraction of sp³-hybridized carbons (Fsp3) is 0.417. The van der Waals surface area contributed by atoms with Crippen LogP contribution in [0.5, 0.6) is 0 Å². The highest BCUT2D eigenvalue weighted by molar-refractivity contribution is 7.99. The summed E-state index contributed by atoms with van der Waals surface area (Å²) in [7, 11) is 0. The van der Waals surface area contributed by atoms with Crippen molar-refractivity contribution >= 4 is 40.0 Å². The first-order chi connectivity index (χ1) is 16.6. The van der Waals surface area contributed by atoms with Gasteiger partial charge in [0.25, 0.3) is 0 Å². The monoisotopic (exact) mass is 502 g/mol. The van der Waals surface area contributed by atoms with Crippen molar-refractivity contribution in [2.75, 3.05) is 17.7 Å². The molecule has 0 spiro atoms. The normalized spacial score (nSPS) is 13.6. The van der Waals surface area contributed by atoms with E-state index in [1.54, 1.807) is 11.6 Å². The van der Waals surface area contributed by atoms with Gasteiger partial charge in [-0.25, -0.2) is 9.59 Å². The number of ether oxygens (including phenoxy) is 1. The van der Waals surface area contributed by atoms with Crippen LogP contribution in [-0.2, 0) is 22.4 Å². The number of carbonyl (C=O) groups is 2. The largest absolute Gasteiger partial charge is 0.462 e. The topological polar surface area (TPSA) is 105 Å². The number of nitrogens with one attached hydrogen (secondary N) is 2. The molecule has 10 heteroatoms. The molecule has 0 fully saturated rings. The van der Waals surface area contributed by atoms with Gasteiger partial charge in [0.1, 0.15) is 5.00 Å². The van der Waals surface area contributed by atoms with Gasteiger partial charge in [-0.05, 0) is 59.9 Å². The minimum absolute atomic E-state index is 0.176. The number of aromatic amines is 1. The summed E-state index contributed by atoms with van der Waals surface area (Å²) in [5.74, 6) is -0.210. The Bertz CT molecular complexity index is 1200. The third kappa shape index (κ3) is 5.61. The van der Waals surface area contributed by atoms with Crippen LogP contribution in [0.3, 0.4) is 0 Å². The third-order valence-electron chi connectivity index (χ3n) is 5.59. The van der Waals surface area contributed by atoms with Crippen LogP contribution in [0.15, 0.2) is 44.7 Å². The van der Waals surface area contributed by atoms with Crippen molar-refractivity contribution in [2.45, 2.75) is 56.9 Å². The van der Waals surface area contributed by atoms with Crippen molar-refractivity contribution < 1.29 is 23.5 Å². The molecule has 2 aromatic heterocycles. The SMILES string of the molecule is CCOC(=O)c1c(NC(=O)CCSc2c(=O)o[nH][n+]2-c2ccccc2)sc2c1CCCCCC2. The van der Waals surface area contributed by atoms with Crippen LogP contribution in [0.2, 0.25) is 0 Å². The van der Waals surface area contributed by atoms with Gasteiger partial charge in [-0.3, -0.25) is 9.32 Å². The number of rotatable bonds is 8. The summed E-state index contributed by atoms with van der Waals surface area (Å²) < 4.78 is 11.8. The number of para-hydroxylation sites is 1. The number of thiophene rings is 1. The Hall–Kier alpha value is -2.85. The van der Waals surface area contributed by atoms with Gasteiger partial charge in [0.05, 0.1) is 12.2 Å². The van der Waals surface area contributed by atoms with Crippen LogP contribution in [0.25, 0.3) is 5.69 Å². The van der Waals surface area contributed by atoms with E-state index >= 15 is 0 Å². The number of hydrogen-bond donors (Lipinski definition) is 2. The molecule has 2 heterocycles. The Labute approximate surface area is 205 Å². The standard InChI is InChI=1S/C24H27N3O5S2/c1-2-31-23(29)20-17-12-8-3-4-9-13-18(17)34-21(20)25-19(28)14-15-33-22-24(30)32-26-27(22)16-10-6-5-7-11-16/h5-7,10-11H,2-4,8-9,12-15H2,1H3,(H-,25,26,28,29,30)/p+1. The maximum atomic E-state index is 12.8. The molecule has 0 unspecified atom stereocenters. The van der Waals surface area contributed by atoms with Gasteiger partial charge in [-0.15, -0.1) is 11.3 Å². The number of H-pyrrole nitrogens is 1. The minimum atomic E-state index is -0.489. The van der Waals surface area contributed by atoms with Crippen LogP contribution in [-0.4, -0.2) is 29.5 Å². The van der Waals surface area contributed by atoms with Gasteiger partial charge in [-0.2, -0.15) is 0 Å². The molecule has 1 amide bonds. The molecular weight excluding hydrogens is 474 g/mol. The van der Waals surface area contributed by atoms with E-state index in [-0.39, 0.29) is 24.9 Å². The summed E-state index contributed by atoms with van der Waals surface area (Å²) in [6.45, 7) is 2.07. The van der Waals surface area contributed by atoms with Crippen LogP contribution in [0, 0.1) is 0 Å². The maximum absolute atomic E-state index is 12.8. The van der Waals surface area contributed by atoms with E-state index in [0.717, 1.165) is 43.4 Å². The molecule has 0 bridgehead atoms. The molecule has 34 heavy (non-hydrogen) atoms. The highest BCUT2D eigenvalue weighted by Gasteiger charge is 2.27. The molecule has 0 saturated heterocycles. The third-order valence-corrected chi connectivity index (χ3v) is 7.83. The van der Waals surface area contributed by atoms with E-state index in [1.807, 2.05) is 30.3 Å². The van der Waals surface area contributed by atoms with Crippen molar-refractivity contribution in [3.63, 3.8) is 0 Å². The number of amides is 1. The average molecular weight is 503 g/mol. The van der Waals surface area contributed by atoms with Gasteiger partial charge >= 0.3 is 16.6 Å². The molecule has 0 saturated carbocycles. The highest BCUT2D eigenvalue weighted by Crippen LogP contribution is 2.37. The summed E-state index contributed by atoms with van der Waals surface area (Å²) in [5.41, 5.74) is 1.81. The van der Waals surface area contributed by atoms with Gasteiger partial charge in [0.15, 0.2) is 0 Å². The lowest BCUT2D eigenvalue weighted by Crippen LogP contribution is -2.36. The van der Waals surface area contributed by atoms with E-state index in [0.29, 0.717) is 21.3 Å². The molecule has 3 aromatic rings. The number of nitrogens with zero attached hydrogens (tertiary/aromatic N) is 1. The lowest BCUT2D eigenvalue weighted by molar-refractivity contribution is -0.704.